The number of carbonyl (C=O) groups is 1. The van der Waals surface area contributed by atoms with E-state index >= 15 is 0 Å². The van der Waals surface area contributed by atoms with Gasteiger partial charge in [0.2, 0.25) is 5.91 Å². The number of carbonyl (C=O) groups excluding carboxylic acids is 1. The van der Waals surface area contributed by atoms with Crippen LogP contribution in [0.15, 0.2) is 0 Å². The Hall–Kier alpha value is -0.280. The van der Waals surface area contributed by atoms with Gasteiger partial charge in [-0.3, -0.25) is 4.79 Å². The molecule has 1 atom stereocenters. The molecule has 2 rings (SSSR count). The number of nitrogens with zero attached hydrogens (tertiary/aromatic N) is 1. The van der Waals surface area contributed by atoms with E-state index in [1.165, 1.54) is 32.1 Å². The summed E-state index contributed by atoms with van der Waals surface area (Å²) in [4.78, 5) is 14.4. The number of hydrogen-bond acceptors (Lipinski definition) is 2. The van der Waals surface area contributed by atoms with E-state index in [4.69, 9.17) is 5.73 Å². The monoisotopic (exact) mass is 288 g/mol. The van der Waals surface area contributed by atoms with Crippen LogP contribution >= 0.6 is 12.4 Å². The van der Waals surface area contributed by atoms with Crippen LogP contribution in [-0.4, -0.2) is 29.9 Å². The van der Waals surface area contributed by atoms with Gasteiger partial charge in [-0.2, -0.15) is 0 Å². The highest BCUT2D eigenvalue weighted by atomic mass is 35.5. The van der Waals surface area contributed by atoms with Crippen LogP contribution in [0.3, 0.4) is 0 Å². The maximum absolute atomic E-state index is 12.3. The number of amides is 1. The largest absolute Gasteiger partial charge is 0.342 e. The lowest BCUT2D eigenvalue weighted by atomic mass is 9.79. The number of halogens is 1. The van der Waals surface area contributed by atoms with Crippen LogP contribution in [0.25, 0.3) is 0 Å². The van der Waals surface area contributed by atoms with Gasteiger partial charge in [0.15, 0.2) is 0 Å². The Kier molecular flexibility index (Phi) is 6.13. The number of nitrogens with two attached hydrogens (primary N) is 1. The van der Waals surface area contributed by atoms with Gasteiger partial charge in [-0.1, -0.05) is 33.1 Å². The van der Waals surface area contributed by atoms with E-state index in [0.29, 0.717) is 11.8 Å². The van der Waals surface area contributed by atoms with Crippen molar-refractivity contribution < 1.29 is 4.79 Å². The topological polar surface area (TPSA) is 46.3 Å². The second-order valence-electron chi connectivity index (χ2n) is 6.91. The van der Waals surface area contributed by atoms with Gasteiger partial charge in [0, 0.05) is 25.6 Å². The van der Waals surface area contributed by atoms with Gasteiger partial charge >= 0.3 is 0 Å². The first-order valence-corrected chi connectivity index (χ1v) is 7.52. The van der Waals surface area contributed by atoms with Crippen molar-refractivity contribution in [2.24, 2.45) is 17.1 Å². The first-order valence-electron chi connectivity index (χ1n) is 7.52. The molecule has 0 aromatic heterocycles. The molecule has 3 nitrogen and oxygen atoms in total. The first kappa shape index (κ1) is 16.8. The van der Waals surface area contributed by atoms with Crippen molar-refractivity contribution >= 4 is 18.3 Å². The van der Waals surface area contributed by atoms with Crippen molar-refractivity contribution in [3.05, 3.63) is 0 Å². The van der Waals surface area contributed by atoms with Crippen molar-refractivity contribution in [2.75, 3.05) is 13.1 Å². The summed E-state index contributed by atoms with van der Waals surface area (Å²) in [5, 5.41) is 0. The molecule has 1 unspecified atom stereocenters. The Morgan fingerprint density at radius 1 is 1.21 bits per heavy atom. The van der Waals surface area contributed by atoms with Crippen LogP contribution in [0, 0.1) is 11.3 Å². The lowest BCUT2D eigenvalue weighted by Crippen LogP contribution is -2.54. The van der Waals surface area contributed by atoms with E-state index in [2.05, 4.69) is 18.7 Å². The van der Waals surface area contributed by atoms with Crippen molar-refractivity contribution in [1.29, 1.82) is 0 Å². The molecule has 112 valence electrons. The van der Waals surface area contributed by atoms with Gasteiger partial charge in [-0.15, -0.1) is 12.4 Å². The van der Waals surface area contributed by atoms with E-state index in [9.17, 15) is 4.79 Å². The van der Waals surface area contributed by atoms with Crippen LogP contribution in [0.2, 0.25) is 0 Å². The molecule has 19 heavy (non-hydrogen) atoms. The third-order valence-corrected chi connectivity index (χ3v) is 4.85. The third kappa shape index (κ3) is 4.35. The Bertz CT molecular complexity index is 301. The molecule has 2 N–H and O–H groups in total. The lowest BCUT2D eigenvalue weighted by Gasteiger charge is -2.43. The summed E-state index contributed by atoms with van der Waals surface area (Å²) < 4.78 is 0. The highest BCUT2D eigenvalue weighted by Crippen LogP contribution is 2.30. The van der Waals surface area contributed by atoms with E-state index < -0.39 is 0 Å². The van der Waals surface area contributed by atoms with E-state index in [1.807, 2.05) is 0 Å². The van der Waals surface area contributed by atoms with E-state index in [0.717, 1.165) is 25.9 Å². The van der Waals surface area contributed by atoms with Crippen LogP contribution < -0.4 is 5.73 Å². The Morgan fingerprint density at radius 3 is 2.42 bits per heavy atom. The van der Waals surface area contributed by atoms with Gasteiger partial charge in [0.1, 0.15) is 0 Å². The normalized spacial score (nSPS) is 27.7. The Labute approximate surface area is 123 Å². The second-order valence-corrected chi connectivity index (χ2v) is 6.91. The quantitative estimate of drug-likeness (QED) is 0.849. The fourth-order valence-electron chi connectivity index (χ4n) is 3.35. The number of likely N-dealkylation sites (tertiary alicyclic amines) is 1. The molecule has 1 aliphatic carbocycles. The summed E-state index contributed by atoms with van der Waals surface area (Å²) in [6.07, 6.45) is 8.21. The molecule has 1 amide bonds. The third-order valence-electron chi connectivity index (χ3n) is 4.85. The predicted molar refractivity (Wildman–Crippen MR) is 81.4 cm³/mol. The van der Waals surface area contributed by atoms with Crippen LogP contribution in [0.1, 0.15) is 58.8 Å². The van der Waals surface area contributed by atoms with Crippen LogP contribution in [-0.2, 0) is 4.79 Å². The maximum atomic E-state index is 12.3. The molecule has 2 aliphatic rings. The molecule has 0 bridgehead atoms. The zero-order valence-corrected chi connectivity index (χ0v) is 13.2. The minimum absolute atomic E-state index is 0. The molecule has 0 aromatic carbocycles. The predicted octanol–water partition coefficient (Wildman–Crippen LogP) is 2.96. The maximum Gasteiger partial charge on any atom is 0.222 e. The summed E-state index contributed by atoms with van der Waals surface area (Å²) >= 11 is 0. The molecule has 0 aromatic rings. The summed E-state index contributed by atoms with van der Waals surface area (Å²) in [7, 11) is 0. The molecule has 0 radical (unpaired) electrons. The SMILES string of the molecule is CC1(C)CN(C(=O)CC2CCCCC2)CCC1N.Cl. The van der Waals surface area contributed by atoms with E-state index in [-0.39, 0.29) is 23.9 Å². The lowest BCUT2D eigenvalue weighted by molar-refractivity contribution is -0.135. The Balaban J connectivity index is 0.00000180. The van der Waals surface area contributed by atoms with Crippen molar-refractivity contribution in [3.8, 4) is 0 Å². The molecule has 1 aliphatic heterocycles. The van der Waals surface area contributed by atoms with Crippen molar-refractivity contribution in [2.45, 2.75) is 64.8 Å². The zero-order valence-electron chi connectivity index (χ0n) is 12.4. The smallest absolute Gasteiger partial charge is 0.222 e. The molecule has 1 saturated carbocycles. The Morgan fingerprint density at radius 2 is 1.84 bits per heavy atom. The fraction of sp³-hybridized carbons (Fsp3) is 0.933. The minimum atomic E-state index is 0. The molecule has 4 heteroatoms. The summed E-state index contributed by atoms with van der Waals surface area (Å²) in [5.41, 5.74) is 6.19. The van der Waals surface area contributed by atoms with Crippen LogP contribution in [0.4, 0.5) is 0 Å². The van der Waals surface area contributed by atoms with Crippen molar-refractivity contribution in [3.63, 3.8) is 0 Å². The van der Waals surface area contributed by atoms with Gasteiger partial charge < -0.3 is 10.6 Å². The zero-order chi connectivity index (χ0) is 13.2. The molecule has 1 saturated heterocycles. The summed E-state index contributed by atoms with van der Waals surface area (Å²) in [6, 6.07) is 0.233. The summed E-state index contributed by atoms with van der Waals surface area (Å²) in [6.45, 7) is 6.05. The fourth-order valence-corrected chi connectivity index (χ4v) is 3.35. The molecule has 0 spiro atoms. The highest BCUT2D eigenvalue weighted by Gasteiger charge is 2.35. The molecular formula is C15H29ClN2O. The van der Waals surface area contributed by atoms with E-state index in [1.54, 1.807) is 0 Å². The van der Waals surface area contributed by atoms with Gasteiger partial charge in [0.05, 0.1) is 0 Å². The number of rotatable bonds is 2. The molecule has 1 heterocycles. The van der Waals surface area contributed by atoms with Crippen LogP contribution in [0.5, 0.6) is 0 Å². The summed E-state index contributed by atoms with van der Waals surface area (Å²) in [5.74, 6) is 1.01. The molecule has 2 fully saturated rings. The minimum Gasteiger partial charge on any atom is -0.342 e. The number of hydrogen-bond donors (Lipinski definition) is 1. The first-order chi connectivity index (χ1) is 8.49. The van der Waals surface area contributed by atoms with Gasteiger partial charge in [0.25, 0.3) is 0 Å². The standard InChI is InChI=1S/C15H28N2O.ClH/c1-15(2)11-17(9-8-13(15)16)14(18)10-12-6-4-3-5-7-12;/h12-13H,3-11,16H2,1-2H3;1H. The van der Waals surface area contributed by atoms with Crippen molar-refractivity contribution in [1.82, 2.24) is 4.90 Å². The number of piperidine rings is 1. The second kappa shape index (κ2) is 6.94. The average Bonchev–Trinajstić information content (AvgIpc) is 2.34. The van der Waals surface area contributed by atoms with Gasteiger partial charge in [-0.25, -0.2) is 0 Å². The van der Waals surface area contributed by atoms with Gasteiger partial charge in [-0.05, 0) is 30.6 Å². The highest BCUT2D eigenvalue weighted by molar-refractivity contribution is 5.85. The average molecular weight is 289 g/mol. The molecular weight excluding hydrogens is 260 g/mol.